The SMILES string of the molecule is CNC=O.CNc1ccc(-c2sc3c(c2CNCc2ccccc2)c(=O)c(C(=O)C(C)C)cn3Cc2c(F)cccc2F)cc1. The zero-order valence-corrected chi connectivity index (χ0v) is 26.4. The van der Waals surface area contributed by atoms with Crippen LogP contribution in [-0.4, -0.2) is 30.9 Å². The predicted molar refractivity (Wildman–Crippen MR) is 178 cm³/mol. The first-order chi connectivity index (χ1) is 21.7. The molecule has 0 aliphatic heterocycles. The summed E-state index contributed by atoms with van der Waals surface area (Å²) in [5, 5.41) is 9.22. The minimum absolute atomic E-state index is 0.0171. The van der Waals surface area contributed by atoms with Gasteiger partial charge < -0.3 is 20.5 Å². The summed E-state index contributed by atoms with van der Waals surface area (Å²) in [6.45, 7) is 4.24. The number of hydrogen-bond donors (Lipinski definition) is 3. The van der Waals surface area contributed by atoms with Gasteiger partial charge in [0.05, 0.1) is 17.5 Å². The van der Waals surface area contributed by atoms with Gasteiger partial charge in [-0.25, -0.2) is 8.78 Å². The molecule has 7 nitrogen and oxygen atoms in total. The number of rotatable bonds is 11. The molecule has 1 amide bonds. The van der Waals surface area contributed by atoms with Crippen molar-refractivity contribution in [1.29, 1.82) is 0 Å². The molecular weight excluding hydrogens is 594 g/mol. The second-order valence-electron chi connectivity index (χ2n) is 10.6. The summed E-state index contributed by atoms with van der Waals surface area (Å²) in [5.41, 5.74) is 3.22. The lowest BCUT2D eigenvalue weighted by Gasteiger charge is -2.14. The molecule has 0 spiro atoms. The number of nitrogens with one attached hydrogen (secondary N) is 3. The van der Waals surface area contributed by atoms with E-state index in [0.29, 0.717) is 29.7 Å². The van der Waals surface area contributed by atoms with E-state index in [0.717, 1.165) is 27.3 Å². The Morgan fingerprint density at radius 3 is 2.13 bits per heavy atom. The Morgan fingerprint density at radius 2 is 1.56 bits per heavy atom. The van der Waals surface area contributed by atoms with Crippen LogP contribution in [0, 0.1) is 17.6 Å². The highest BCUT2D eigenvalue weighted by Crippen LogP contribution is 2.38. The van der Waals surface area contributed by atoms with Crippen LogP contribution in [0.5, 0.6) is 0 Å². The number of carbonyl (C=O) groups excluding carboxylic acids is 2. The summed E-state index contributed by atoms with van der Waals surface area (Å²) in [4.78, 5) is 37.7. The van der Waals surface area contributed by atoms with Crippen molar-refractivity contribution < 1.29 is 18.4 Å². The lowest BCUT2D eigenvalue weighted by molar-refractivity contribution is -0.109. The fourth-order valence-electron chi connectivity index (χ4n) is 4.87. The third-order valence-corrected chi connectivity index (χ3v) is 8.53. The molecule has 0 aliphatic rings. The monoisotopic (exact) mass is 630 g/mol. The van der Waals surface area contributed by atoms with Crippen LogP contribution in [0.2, 0.25) is 0 Å². The van der Waals surface area contributed by atoms with E-state index in [1.165, 1.54) is 35.7 Å². The van der Waals surface area contributed by atoms with Gasteiger partial charge in [-0.05, 0) is 41.0 Å². The molecule has 3 N–H and O–H groups in total. The summed E-state index contributed by atoms with van der Waals surface area (Å²) in [6, 6.07) is 21.5. The summed E-state index contributed by atoms with van der Waals surface area (Å²) in [7, 11) is 3.40. The average Bonchev–Trinajstić information content (AvgIpc) is 3.44. The van der Waals surface area contributed by atoms with Crippen LogP contribution in [0.25, 0.3) is 20.7 Å². The van der Waals surface area contributed by atoms with Gasteiger partial charge in [-0.15, -0.1) is 11.3 Å². The van der Waals surface area contributed by atoms with Crippen LogP contribution in [0.1, 0.15) is 40.9 Å². The summed E-state index contributed by atoms with van der Waals surface area (Å²) < 4.78 is 31.2. The lowest BCUT2D eigenvalue weighted by Crippen LogP contribution is -2.23. The molecule has 10 heteroatoms. The molecule has 2 aromatic heterocycles. The number of hydrogen-bond acceptors (Lipinski definition) is 6. The number of benzene rings is 3. The summed E-state index contributed by atoms with van der Waals surface area (Å²) in [5.74, 6) is -2.10. The first-order valence-corrected chi connectivity index (χ1v) is 15.3. The second-order valence-corrected chi connectivity index (χ2v) is 11.6. The Morgan fingerprint density at radius 1 is 0.911 bits per heavy atom. The van der Waals surface area contributed by atoms with E-state index in [1.54, 1.807) is 25.5 Å². The fraction of sp³-hybridized carbons (Fsp3) is 0.229. The number of pyridine rings is 1. The van der Waals surface area contributed by atoms with E-state index in [1.807, 2.05) is 61.6 Å². The van der Waals surface area contributed by atoms with Crippen LogP contribution in [0.4, 0.5) is 14.5 Å². The first-order valence-electron chi connectivity index (χ1n) is 14.5. The number of ketones is 1. The first kappa shape index (κ1) is 33.2. The highest BCUT2D eigenvalue weighted by Gasteiger charge is 2.25. The molecule has 2 heterocycles. The Hall–Kier alpha value is -4.67. The smallest absolute Gasteiger partial charge is 0.206 e. The van der Waals surface area contributed by atoms with Gasteiger partial charge >= 0.3 is 0 Å². The highest BCUT2D eigenvalue weighted by atomic mass is 32.1. The number of amides is 1. The Labute approximate surface area is 264 Å². The molecule has 45 heavy (non-hydrogen) atoms. The number of aromatic nitrogens is 1. The van der Waals surface area contributed by atoms with Crippen molar-refractivity contribution in [2.45, 2.75) is 33.5 Å². The maximum Gasteiger partial charge on any atom is 0.206 e. The standard InChI is InChI=1S/C33H31F2N3O2S.C2H5NO/c1-20(2)30(39)26-19-38(18-25-27(34)10-7-11-28(25)35)33-29(31(26)40)24(17-37-16-21-8-5-4-6-9-21)32(41-33)22-12-14-23(36-3)15-13-22;1-3-2-4/h4-15,19-20,36-37H,16-18H2,1-3H3;2H,1H3,(H,3,4). The number of carbonyl (C=O) groups is 2. The molecule has 0 saturated heterocycles. The van der Waals surface area contributed by atoms with Crippen LogP contribution in [0.15, 0.2) is 83.8 Å². The molecule has 0 atom stereocenters. The van der Waals surface area contributed by atoms with Crippen molar-refractivity contribution in [2.75, 3.05) is 19.4 Å². The minimum Gasteiger partial charge on any atom is -0.388 e. The molecule has 234 valence electrons. The predicted octanol–water partition coefficient (Wildman–Crippen LogP) is 6.59. The van der Waals surface area contributed by atoms with Gasteiger partial charge in [-0.3, -0.25) is 14.4 Å². The minimum atomic E-state index is -0.683. The average molecular weight is 631 g/mol. The van der Waals surface area contributed by atoms with Crippen LogP contribution in [-0.2, 0) is 24.4 Å². The molecular formula is C35H36F2N4O3S. The molecule has 5 rings (SSSR count). The Kier molecular flexibility index (Phi) is 11.3. The molecule has 0 saturated carbocycles. The third kappa shape index (κ3) is 7.71. The van der Waals surface area contributed by atoms with E-state index in [-0.39, 0.29) is 28.9 Å². The van der Waals surface area contributed by atoms with Crippen molar-refractivity contribution in [2.24, 2.45) is 5.92 Å². The van der Waals surface area contributed by atoms with Gasteiger partial charge in [0.15, 0.2) is 5.78 Å². The molecule has 0 radical (unpaired) electrons. The van der Waals surface area contributed by atoms with Crippen LogP contribution >= 0.6 is 11.3 Å². The van der Waals surface area contributed by atoms with E-state index in [2.05, 4.69) is 16.0 Å². The molecule has 0 aliphatic carbocycles. The van der Waals surface area contributed by atoms with Crippen molar-refractivity contribution in [1.82, 2.24) is 15.2 Å². The van der Waals surface area contributed by atoms with Crippen molar-refractivity contribution in [3.8, 4) is 10.4 Å². The Balaban J connectivity index is 0.00000109. The topological polar surface area (TPSA) is 92.2 Å². The van der Waals surface area contributed by atoms with E-state index in [4.69, 9.17) is 4.79 Å². The van der Waals surface area contributed by atoms with E-state index < -0.39 is 17.6 Å². The van der Waals surface area contributed by atoms with E-state index >= 15 is 0 Å². The molecule has 0 fully saturated rings. The maximum absolute atomic E-state index is 14.8. The van der Waals surface area contributed by atoms with Gasteiger partial charge in [-0.1, -0.05) is 62.4 Å². The third-order valence-electron chi connectivity index (χ3n) is 7.21. The van der Waals surface area contributed by atoms with Gasteiger partial charge in [0.1, 0.15) is 16.5 Å². The van der Waals surface area contributed by atoms with Gasteiger partial charge in [-0.2, -0.15) is 0 Å². The zero-order valence-electron chi connectivity index (χ0n) is 25.6. The largest absolute Gasteiger partial charge is 0.388 e. The van der Waals surface area contributed by atoms with Crippen LogP contribution < -0.4 is 21.4 Å². The maximum atomic E-state index is 14.8. The van der Waals surface area contributed by atoms with Gasteiger partial charge in [0.25, 0.3) is 0 Å². The number of Topliss-reactive ketones (excluding diaryl/α,β-unsaturated/α-hetero) is 1. The molecule has 0 unspecified atom stereocenters. The lowest BCUT2D eigenvalue weighted by atomic mass is 9.99. The normalized spacial score (nSPS) is 10.8. The quantitative estimate of drug-likeness (QED) is 0.113. The number of nitrogens with zero attached hydrogens (tertiary/aromatic N) is 1. The Bertz CT molecular complexity index is 1810. The zero-order chi connectivity index (χ0) is 32.5. The number of halogens is 2. The highest BCUT2D eigenvalue weighted by molar-refractivity contribution is 7.22. The van der Waals surface area contributed by atoms with Crippen LogP contribution in [0.3, 0.4) is 0 Å². The molecule has 0 bridgehead atoms. The van der Waals surface area contributed by atoms with E-state index in [9.17, 15) is 18.4 Å². The fourth-order valence-corrected chi connectivity index (χ4v) is 6.17. The van der Waals surface area contributed by atoms with Gasteiger partial charge in [0.2, 0.25) is 11.8 Å². The molecule has 5 aromatic rings. The molecule has 3 aromatic carbocycles. The second kappa shape index (κ2) is 15.4. The number of fused-ring (bicyclic) bond motifs is 1. The summed E-state index contributed by atoms with van der Waals surface area (Å²) >= 11 is 1.38. The van der Waals surface area contributed by atoms with Crippen molar-refractivity contribution in [3.05, 3.63) is 123 Å². The number of anilines is 1. The van der Waals surface area contributed by atoms with Crippen molar-refractivity contribution in [3.63, 3.8) is 0 Å². The summed E-state index contributed by atoms with van der Waals surface area (Å²) in [6.07, 6.45) is 2.09. The van der Waals surface area contributed by atoms with Gasteiger partial charge in [0, 0.05) is 55.4 Å². The number of thiophene rings is 1. The van der Waals surface area contributed by atoms with Crippen molar-refractivity contribution >= 4 is 39.4 Å².